The predicted octanol–water partition coefficient (Wildman–Crippen LogP) is 0.280. The Bertz CT molecular complexity index is 344. The zero-order valence-electron chi connectivity index (χ0n) is 12.1. The minimum Gasteiger partial charge on any atom is -0.481 e. The van der Waals surface area contributed by atoms with Crippen molar-refractivity contribution in [2.45, 2.75) is 31.8 Å². The van der Waals surface area contributed by atoms with E-state index < -0.39 is 12.1 Å². The fraction of sp³-hybridized carbons (Fsp3) is 0.846. The first-order chi connectivity index (χ1) is 9.38. The summed E-state index contributed by atoms with van der Waals surface area (Å²) in [6.07, 6.45) is 2.02. The van der Waals surface area contributed by atoms with Crippen molar-refractivity contribution in [1.82, 2.24) is 10.2 Å². The van der Waals surface area contributed by atoms with Crippen LogP contribution in [0.3, 0.4) is 0 Å². The minimum absolute atomic E-state index is 0.0866. The number of rotatable bonds is 8. The van der Waals surface area contributed by atoms with E-state index in [0.29, 0.717) is 6.54 Å². The largest absolute Gasteiger partial charge is 0.481 e. The summed E-state index contributed by atoms with van der Waals surface area (Å²) in [7, 11) is 3.06. The van der Waals surface area contributed by atoms with Crippen molar-refractivity contribution in [2.24, 2.45) is 5.41 Å². The van der Waals surface area contributed by atoms with Crippen molar-refractivity contribution in [3.8, 4) is 0 Å². The van der Waals surface area contributed by atoms with Crippen molar-refractivity contribution in [3.63, 3.8) is 0 Å². The lowest BCUT2D eigenvalue weighted by molar-refractivity contribution is -0.141. The number of ether oxygens (including phenoxy) is 1. The summed E-state index contributed by atoms with van der Waals surface area (Å²) in [6.45, 7) is 0.703. The summed E-state index contributed by atoms with van der Waals surface area (Å²) < 4.78 is 4.80. The molecular weight excluding hydrogens is 264 g/mol. The van der Waals surface area contributed by atoms with E-state index in [9.17, 15) is 14.7 Å². The molecule has 0 aromatic carbocycles. The number of carboxylic acid groups (broad SMARTS) is 1. The molecule has 116 valence electrons. The van der Waals surface area contributed by atoms with Gasteiger partial charge in [-0.3, -0.25) is 4.79 Å². The number of aliphatic hydroxyl groups is 1. The van der Waals surface area contributed by atoms with E-state index in [1.54, 1.807) is 7.05 Å². The number of amides is 2. The number of carboxylic acids is 1. The second kappa shape index (κ2) is 7.44. The van der Waals surface area contributed by atoms with Crippen molar-refractivity contribution >= 4 is 12.0 Å². The average molecular weight is 288 g/mol. The van der Waals surface area contributed by atoms with E-state index in [0.717, 1.165) is 19.3 Å². The number of likely N-dealkylation sites (N-methyl/N-ethyl adjacent to an activating group) is 1. The number of hydrogen-bond acceptors (Lipinski definition) is 4. The molecule has 3 N–H and O–H groups in total. The highest BCUT2D eigenvalue weighted by Crippen LogP contribution is 2.43. The van der Waals surface area contributed by atoms with Crippen LogP contribution < -0.4 is 5.32 Å². The van der Waals surface area contributed by atoms with Gasteiger partial charge in [0.1, 0.15) is 0 Å². The number of hydrogen-bond donors (Lipinski definition) is 3. The van der Waals surface area contributed by atoms with Crippen molar-refractivity contribution in [3.05, 3.63) is 0 Å². The first kappa shape index (κ1) is 16.7. The van der Waals surface area contributed by atoms with Crippen LogP contribution in [0.5, 0.6) is 0 Å². The third kappa shape index (κ3) is 4.97. The second-order valence-electron chi connectivity index (χ2n) is 5.57. The number of carbonyl (C=O) groups is 2. The van der Waals surface area contributed by atoms with Crippen LogP contribution in [0.25, 0.3) is 0 Å². The SMILES string of the molecule is COCC(O)CN(C)C(=O)NCC1(CC(=O)O)CCC1. The van der Waals surface area contributed by atoms with Crippen LogP contribution in [0.1, 0.15) is 25.7 Å². The second-order valence-corrected chi connectivity index (χ2v) is 5.57. The van der Waals surface area contributed by atoms with Crippen LogP contribution in [-0.4, -0.2) is 67.1 Å². The van der Waals surface area contributed by atoms with E-state index in [2.05, 4.69) is 5.32 Å². The van der Waals surface area contributed by atoms with Crippen LogP contribution in [0, 0.1) is 5.41 Å². The monoisotopic (exact) mass is 288 g/mol. The van der Waals surface area contributed by atoms with Gasteiger partial charge in [-0.15, -0.1) is 0 Å². The fourth-order valence-corrected chi connectivity index (χ4v) is 2.46. The third-order valence-electron chi connectivity index (χ3n) is 3.75. The van der Waals surface area contributed by atoms with Crippen LogP contribution in [0.15, 0.2) is 0 Å². The van der Waals surface area contributed by atoms with E-state index in [4.69, 9.17) is 9.84 Å². The number of methoxy groups -OCH3 is 1. The van der Waals surface area contributed by atoms with Gasteiger partial charge in [0.15, 0.2) is 0 Å². The maximum Gasteiger partial charge on any atom is 0.317 e. The molecule has 1 aliphatic rings. The van der Waals surface area contributed by atoms with Crippen LogP contribution in [0.2, 0.25) is 0 Å². The van der Waals surface area contributed by atoms with Gasteiger partial charge in [0.2, 0.25) is 0 Å². The van der Waals surface area contributed by atoms with E-state index in [1.165, 1.54) is 12.0 Å². The quantitative estimate of drug-likeness (QED) is 0.596. The molecule has 0 spiro atoms. The number of nitrogens with zero attached hydrogens (tertiary/aromatic N) is 1. The maximum atomic E-state index is 11.9. The highest BCUT2D eigenvalue weighted by atomic mass is 16.5. The Kier molecular flexibility index (Phi) is 6.22. The van der Waals surface area contributed by atoms with Gasteiger partial charge in [0.25, 0.3) is 0 Å². The van der Waals surface area contributed by atoms with Crippen molar-refractivity contribution in [2.75, 3.05) is 33.9 Å². The summed E-state index contributed by atoms with van der Waals surface area (Å²) in [5.41, 5.74) is -0.298. The van der Waals surface area contributed by atoms with Gasteiger partial charge >= 0.3 is 12.0 Å². The molecule has 20 heavy (non-hydrogen) atoms. The Balaban J connectivity index is 2.36. The molecule has 7 nitrogen and oxygen atoms in total. The lowest BCUT2D eigenvalue weighted by Gasteiger charge is -2.41. The standard InChI is InChI=1S/C13H24N2O5/c1-15(7-10(16)8-20-2)12(19)14-9-13(4-3-5-13)6-11(17)18/h10,16H,3-9H2,1-2H3,(H,14,19)(H,17,18). The molecule has 1 rings (SSSR count). The van der Waals surface area contributed by atoms with E-state index in [-0.39, 0.29) is 31.0 Å². The molecule has 2 amide bonds. The molecule has 1 atom stereocenters. The summed E-state index contributed by atoms with van der Waals surface area (Å²) in [4.78, 5) is 24.1. The topological polar surface area (TPSA) is 99.1 Å². The Morgan fingerprint density at radius 2 is 2.10 bits per heavy atom. The zero-order valence-corrected chi connectivity index (χ0v) is 12.1. The number of nitrogens with one attached hydrogen (secondary N) is 1. The average Bonchev–Trinajstić information content (AvgIpc) is 2.31. The Morgan fingerprint density at radius 3 is 2.55 bits per heavy atom. The first-order valence-corrected chi connectivity index (χ1v) is 6.76. The summed E-state index contributed by atoms with van der Waals surface area (Å²) in [6, 6.07) is -0.309. The molecule has 0 aromatic rings. The van der Waals surface area contributed by atoms with Gasteiger partial charge in [0.05, 0.1) is 25.7 Å². The number of carbonyl (C=O) groups excluding carboxylic acids is 1. The highest BCUT2D eigenvalue weighted by molar-refractivity contribution is 5.74. The Morgan fingerprint density at radius 1 is 1.45 bits per heavy atom. The third-order valence-corrected chi connectivity index (χ3v) is 3.75. The molecule has 0 bridgehead atoms. The van der Waals surface area contributed by atoms with Gasteiger partial charge in [-0.1, -0.05) is 6.42 Å². The molecule has 1 unspecified atom stereocenters. The molecule has 1 aliphatic carbocycles. The van der Waals surface area contributed by atoms with Gasteiger partial charge in [0, 0.05) is 20.7 Å². The molecule has 0 radical (unpaired) electrons. The van der Waals surface area contributed by atoms with Gasteiger partial charge in [-0.2, -0.15) is 0 Å². The van der Waals surface area contributed by atoms with Gasteiger partial charge in [-0.25, -0.2) is 4.79 Å². The Hall–Kier alpha value is -1.34. The number of urea groups is 1. The van der Waals surface area contributed by atoms with Crippen molar-refractivity contribution in [1.29, 1.82) is 0 Å². The summed E-state index contributed by atoms with van der Waals surface area (Å²) >= 11 is 0. The van der Waals surface area contributed by atoms with Gasteiger partial charge in [-0.05, 0) is 18.3 Å². The molecule has 1 fully saturated rings. The summed E-state index contributed by atoms with van der Waals surface area (Å²) in [5.74, 6) is -0.831. The molecule has 0 heterocycles. The fourth-order valence-electron chi connectivity index (χ4n) is 2.46. The highest BCUT2D eigenvalue weighted by Gasteiger charge is 2.39. The molecule has 0 aliphatic heterocycles. The normalized spacial score (nSPS) is 17.9. The molecule has 7 heteroatoms. The lowest BCUT2D eigenvalue weighted by atomic mass is 9.66. The number of aliphatic hydroxyl groups excluding tert-OH is 1. The molecule has 0 aromatic heterocycles. The summed E-state index contributed by atoms with van der Waals surface area (Å²) in [5, 5.41) is 21.2. The van der Waals surface area contributed by atoms with Crippen molar-refractivity contribution < 1.29 is 24.5 Å². The lowest BCUT2D eigenvalue weighted by Crippen LogP contribution is -2.48. The first-order valence-electron chi connectivity index (χ1n) is 6.76. The van der Waals surface area contributed by atoms with Crippen LogP contribution in [-0.2, 0) is 9.53 Å². The van der Waals surface area contributed by atoms with Crippen LogP contribution in [0.4, 0.5) is 4.79 Å². The predicted molar refractivity (Wildman–Crippen MR) is 72.4 cm³/mol. The smallest absolute Gasteiger partial charge is 0.317 e. The Labute approximate surface area is 118 Å². The zero-order chi connectivity index (χ0) is 15.2. The van der Waals surface area contributed by atoms with E-state index in [1.807, 2.05) is 0 Å². The molecule has 0 saturated heterocycles. The maximum absolute atomic E-state index is 11.9. The molecular formula is C13H24N2O5. The van der Waals surface area contributed by atoms with Crippen LogP contribution >= 0.6 is 0 Å². The molecule has 1 saturated carbocycles. The van der Waals surface area contributed by atoms with Gasteiger partial charge < -0.3 is 25.2 Å². The van der Waals surface area contributed by atoms with E-state index >= 15 is 0 Å². The minimum atomic E-state index is -0.831. The number of aliphatic carboxylic acids is 1.